The predicted octanol–water partition coefficient (Wildman–Crippen LogP) is 3.30. The Balaban J connectivity index is 2.38. The first-order valence-corrected chi connectivity index (χ1v) is 12.6. The van der Waals surface area contributed by atoms with Crippen LogP contribution in [-0.2, 0) is 26.2 Å². The first-order valence-electron chi connectivity index (χ1n) is 9.96. The molecule has 2 amide bonds. The summed E-state index contributed by atoms with van der Waals surface area (Å²) in [6.07, 6.45) is 0.969. The van der Waals surface area contributed by atoms with Crippen LogP contribution in [0.1, 0.15) is 26.3 Å². The number of nitrogens with zero attached hydrogens (tertiary/aromatic N) is 2. The Morgan fingerprint density at radius 1 is 1.09 bits per heavy atom. The number of hydrogen-bond acceptors (Lipinski definition) is 4. The molecule has 0 aliphatic carbocycles. The number of nitrogens with one attached hydrogen (secondary N) is 1. The number of rotatable bonds is 9. The van der Waals surface area contributed by atoms with Crippen LogP contribution >= 0.6 is 15.9 Å². The number of benzene rings is 2. The summed E-state index contributed by atoms with van der Waals surface area (Å²) in [5.41, 5.74) is 0.925. The fraction of sp³-hybridized carbons (Fsp3) is 0.364. The fourth-order valence-corrected chi connectivity index (χ4v) is 4.34. The predicted molar refractivity (Wildman–Crippen MR) is 126 cm³/mol. The lowest BCUT2D eigenvalue weighted by molar-refractivity contribution is -0.139. The third kappa shape index (κ3) is 7.30. The topological polar surface area (TPSA) is 86.8 Å². The third-order valence-electron chi connectivity index (χ3n) is 4.63. The van der Waals surface area contributed by atoms with Crippen molar-refractivity contribution in [2.24, 2.45) is 0 Å². The summed E-state index contributed by atoms with van der Waals surface area (Å²) in [6.45, 7) is 4.79. The van der Waals surface area contributed by atoms with Crippen molar-refractivity contribution in [2.75, 3.05) is 17.1 Å². The molecule has 32 heavy (non-hydrogen) atoms. The Hall–Kier alpha value is -2.46. The van der Waals surface area contributed by atoms with Gasteiger partial charge in [0.1, 0.15) is 18.4 Å². The van der Waals surface area contributed by atoms with Crippen LogP contribution in [0.4, 0.5) is 10.1 Å². The Morgan fingerprint density at radius 3 is 2.25 bits per heavy atom. The maximum Gasteiger partial charge on any atom is 0.244 e. The Kier molecular flexibility index (Phi) is 8.80. The van der Waals surface area contributed by atoms with Gasteiger partial charge >= 0.3 is 0 Å². The second-order valence-corrected chi connectivity index (χ2v) is 10.6. The molecule has 0 aliphatic rings. The highest BCUT2D eigenvalue weighted by atomic mass is 79.9. The van der Waals surface area contributed by atoms with Crippen molar-refractivity contribution in [3.05, 3.63) is 64.4 Å². The van der Waals surface area contributed by atoms with E-state index in [-0.39, 0.29) is 24.2 Å². The molecule has 2 rings (SSSR count). The van der Waals surface area contributed by atoms with Gasteiger partial charge in [0.05, 0.1) is 11.9 Å². The molecular formula is C22H27BrFN3O4S. The molecule has 0 spiro atoms. The van der Waals surface area contributed by atoms with Gasteiger partial charge in [-0.1, -0.05) is 28.1 Å². The lowest BCUT2D eigenvalue weighted by Crippen LogP contribution is -2.52. The highest BCUT2D eigenvalue weighted by Gasteiger charge is 2.30. The van der Waals surface area contributed by atoms with Crippen molar-refractivity contribution in [1.82, 2.24) is 10.2 Å². The fourth-order valence-electron chi connectivity index (χ4n) is 3.04. The van der Waals surface area contributed by atoms with Crippen LogP contribution in [0.3, 0.4) is 0 Å². The Bertz CT molecular complexity index is 1060. The summed E-state index contributed by atoms with van der Waals surface area (Å²) in [7, 11) is -3.85. The first kappa shape index (κ1) is 25.8. The van der Waals surface area contributed by atoms with Gasteiger partial charge in [0.15, 0.2) is 0 Å². The SMILES string of the molecule is CC(C)NC(=O)[C@@H](C)N(Cc1cccc(Br)c1)C(=O)CN(c1ccc(F)cc1)S(C)(=O)=O. The number of carbonyl (C=O) groups is 2. The van der Waals surface area contributed by atoms with E-state index in [0.717, 1.165) is 32.7 Å². The lowest BCUT2D eigenvalue weighted by Gasteiger charge is -2.32. The van der Waals surface area contributed by atoms with E-state index < -0.39 is 34.3 Å². The van der Waals surface area contributed by atoms with E-state index in [0.29, 0.717) is 0 Å². The van der Waals surface area contributed by atoms with Gasteiger partial charge in [-0.15, -0.1) is 0 Å². The number of anilines is 1. The normalized spacial score (nSPS) is 12.3. The monoisotopic (exact) mass is 527 g/mol. The highest BCUT2D eigenvalue weighted by molar-refractivity contribution is 9.10. The average Bonchev–Trinajstić information content (AvgIpc) is 2.69. The minimum absolute atomic E-state index is 0.103. The van der Waals surface area contributed by atoms with Crippen LogP contribution in [0, 0.1) is 5.82 Å². The van der Waals surface area contributed by atoms with Crippen molar-refractivity contribution in [3.8, 4) is 0 Å². The molecule has 174 valence electrons. The average molecular weight is 528 g/mol. The van der Waals surface area contributed by atoms with E-state index in [9.17, 15) is 22.4 Å². The van der Waals surface area contributed by atoms with Crippen molar-refractivity contribution in [1.29, 1.82) is 0 Å². The van der Waals surface area contributed by atoms with Crippen LogP contribution in [0.25, 0.3) is 0 Å². The summed E-state index contributed by atoms with van der Waals surface area (Å²) >= 11 is 3.39. The zero-order chi connectivity index (χ0) is 24.1. The Morgan fingerprint density at radius 2 is 1.72 bits per heavy atom. The molecule has 0 radical (unpaired) electrons. The molecule has 0 saturated carbocycles. The van der Waals surface area contributed by atoms with E-state index in [1.807, 2.05) is 38.1 Å². The molecule has 1 N–H and O–H groups in total. The first-order chi connectivity index (χ1) is 14.9. The second kappa shape index (κ2) is 10.9. The molecule has 10 heteroatoms. The standard InChI is InChI=1S/C22H27BrFN3O4S/c1-15(2)25-22(29)16(3)26(13-17-6-5-7-18(23)12-17)21(28)14-27(32(4,30)31)20-10-8-19(24)9-11-20/h5-12,15-16H,13-14H2,1-4H3,(H,25,29)/t16-/m1/s1. The number of halogens is 2. The summed E-state index contributed by atoms with van der Waals surface area (Å²) in [4.78, 5) is 27.3. The molecule has 7 nitrogen and oxygen atoms in total. The summed E-state index contributed by atoms with van der Waals surface area (Å²) in [6, 6.07) is 11.1. The molecule has 0 aliphatic heterocycles. The van der Waals surface area contributed by atoms with Gasteiger partial charge in [-0.2, -0.15) is 0 Å². The van der Waals surface area contributed by atoms with Gasteiger partial charge in [-0.05, 0) is 62.7 Å². The molecule has 0 bridgehead atoms. The lowest BCUT2D eigenvalue weighted by atomic mass is 10.1. The maximum atomic E-state index is 13.3. The van der Waals surface area contributed by atoms with Gasteiger partial charge < -0.3 is 10.2 Å². The largest absolute Gasteiger partial charge is 0.352 e. The summed E-state index contributed by atoms with van der Waals surface area (Å²) in [5, 5.41) is 2.78. The molecule has 0 heterocycles. The minimum Gasteiger partial charge on any atom is -0.352 e. The molecule has 0 unspecified atom stereocenters. The molecule has 2 aromatic carbocycles. The van der Waals surface area contributed by atoms with Gasteiger partial charge in [-0.25, -0.2) is 12.8 Å². The summed E-state index contributed by atoms with van der Waals surface area (Å²) < 4.78 is 39.8. The van der Waals surface area contributed by atoms with Gasteiger partial charge in [0.25, 0.3) is 0 Å². The van der Waals surface area contributed by atoms with Gasteiger partial charge in [0.2, 0.25) is 21.8 Å². The van der Waals surface area contributed by atoms with Crippen molar-refractivity contribution in [3.63, 3.8) is 0 Å². The zero-order valence-electron chi connectivity index (χ0n) is 18.4. The smallest absolute Gasteiger partial charge is 0.244 e. The van der Waals surface area contributed by atoms with E-state index in [1.54, 1.807) is 6.92 Å². The van der Waals surface area contributed by atoms with Gasteiger partial charge in [-0.3, -0.25) is 13.9 Å². The van der Waals surface area contributed by atoms with E-state index in [1.165, 1.54) is 17.0 Å². The van der Waals surface area contributed by atoms with Crippen molar-refractivity contribution in [2.45, 2.75) is 39.4 Å². The second-order valence-electron chi connectivity index (χ2n) is 7.74. The van der Waals surface area contributed by atoms with E-state index in [4.69, 9.17) is 0 Å². The molecule has 2 aromatic rings. The van der Waals surface area contributed by atoms with Crippen LogP contribution in [0.2, 0.25) is 0 Å². The molecule has 1 atom stereocenters. The Labute approximate surface area is 196 Å². The maximum absolute atomic E-state index is 13.3. The molecule has 0 aromatic heterocycles. The third-order valence-corrected chi connectivity index (χ3v) is 6.27. The number of carbonyl (C=O) groups excluding carboxylic acids is 2. The summed E-state index contributed by atoms with van der Waals surface area (Å²) in [5.74, 6) is -1.44. The highest BCUT2D eigenvalue weighted by Crippen LogP contribution is 2.20. The minimum atomic E-state index is -3.85. The number of amides is 2. The van der Waals surface area contributed by atoms with Crippen molar-refractivity contribution >= 4 is 43.5 Å². The number of hydrogen-bond donors (Lipinski definition) is 1. The molecule has 0 fully saturated rings. The van der Waals surface area contributed by atoms with Crippen LogP contribution in [-0.4, -0.2) is 50.0 Å². The van der Waals surface area contributed by atoms with Crippen LogP contribution in [0.15, 0.2) is 53.0 Å². The van der Waals surface area contributed by atoms with Gasteiger partial charge in [0, 0.05) is 17.1 Å². The van der Waals surface area contributed by atoms with E-state index in [2.05, 4.69) is 21.2 Å². The van der Waals surface area contributed by atoms with Crippen LogP contribution < -0.4 is 9.62 Å². The number of sulfonamides is 1. The molecular weight excluding hydrogens is 501 g/mol. The van der Waals surface area contributed by atoms with Crippen molar-refractivity contribution < 1.29 is 22.4 Å². The molecule has 0 saturated heterocycles. The van der Waals surface area contributed by atoms with Crippen LogP contribution in [0.5, 0.6) is 0 Å². The van der Waals surface area contributed by atoms with E-state index >= 15 is 0 Å². The quantitative estimate of drug-likeness (QED) is 0.542. The zero-order valence-corrected chi connectivity index (χ0v) is 20.8.